The van der Waals surface area contributed by atoms with Crippen LogP contribution < -0.4 is 5.32 Å². The van der Waals surface area contributed by atoms with Gasteiger partial charge >= 0.3 is 0 Å². The average Bonchev–Trinajstić information content (AvgIpc) is 2.58. The fourth-order valence-corrected chi connectivity index (χ4v) is 2.77. The number of piperidine rings is 1. The van der Waals surface area contributed by atoms with Gasteiger partial charge in [-0.3, -0.25) is 4.79 Å². The van der Waals surface area contributed by atoms with Crippen molar-refractivity contribution in [1.29, 1.82) is 0 Å². The standard InChI is InChI=1S/C12H22N2O/c1-12(2)7-5-9-14(12)11(15)10-6-3-4-8-13-10/h10,13H,3-9H2,1-2H3/t10-/m1/s1. The van der Waals surface area contributed by atoms with Crippen LogP contribution in [0.15, 0.2) is 0 Å². The van der Waals surface area contributed by atoms with Gasteiger partial charge in [-0.1, -0.05) is 6.42 Å². The van der Waals surface area contributed by atoms with Gasteiger partial charge in [0.1, 0.15) is 0 Å². The molecule has 0 aliphatic carbocycles. The molecule has 15 heavy (non-hydrogen) atoms. The summed E-state index contributed by atoms with van der Waals surface area (Å²) in [6.45, 7) is 6.32. The topological polar surface area (TPSA) is 32.3 Å². The maximum atomic E-state index is 12.3. The Bertz CT molecular complexity index is 244. The molecule has 2 aliphatic heterocycles. The summed E-state index contributed by atoms with van der Waals surface area (Å²) in [5.41, 5.74) is 0.0796. The molecule has 0 spiro atoms. The molecule has 0 aromatic carbocycles. The zero-order valence-electron chi connectivity index (χ0n) is 9.88. The number of hydrogen-bond donors (Lipinski definition) is 1. The number of nitrogens with zero attached hydrogens (tertiary/aromatic N) is 1. The van der Waals surface area contributed by atoms with Gasteiger partial charge in [-0.25, -0.2) is 0 Å². The predicted octanol–water partition coefficient (Wildman–Crippen LogP) is 1.53. The number of carbonyl (C=O) groups excluding carboxylic acids is 1. The summed E-state index contributed by atoms with van der Waals surface area (Å²) in [6.07, 6.45) is 5.73. The molecule has 1 amide bonds. The fraction of sp³-hybridized carbons (Fsp3) is 0.917. The molecule has 0 aromatic rings. The van der Waals surface area contributed by atoms with E-state index >= 15 is 0 Å². The highest BCUT2D eigenvalue weighted by atomic mass is 16.2. The van der Waals surface area contributed by atoms with Crippen molar-refractivity contribution < 1.29 is 4.79 Å². The second kappa shape index (κ2) is 4.12. The lowest BCUT2D eigenvalue weighted by molar-refractivity contribution is -0.137. The van der Waals surface area contributed by atoms with Crippen molar-refractivity contribution in [3.63, 3.8) is 0 Å². The van der Waals surface area contributed by atoms with E-state index in [-0.39, 0.29) is 11.6 Å². The number of nitrogens with one attached hydrogen (secondary N) is 1. The van der Waals surface area contributed by atoms with E-state index in [0.717, 1.165) is 32.4 Å². The summed E-state index contributed by atoms with van der Waals surface area (Å²) in [7, 11) is 0. The van der Waals surface area contributed by atoms with Crippen LogP contribution >= 0.6 is 0 Å². The summed E-state index contributed by atoms with van der Waals surface area (Å²) >= 11 is 0. The Balaban J connectivity index is 2.00. The molecule has 1 atom stereocenters. The van der Waals surface area contributed by atoms with Crippen molar-refractivity contribution in [2.24, 2.45) is 0 Å². The van der Waals surface area contributed by atoms with Gasteiger partial charge in [-0.05, 0) is 46.1 Å². The Labute approximate surface area is 92.2 Å². The Morgan fingerprint density at radius 3 is 2.67 bits per heavy atom. The van der Waals surface area contributed by atoms with Crippen LogP contribution in [-0.2, 0) is 4.79 Å². The van der Waals surface area contributed by atoms with Gasteiger partial charge in [0.2, 0.25) is 5.91 Å². The zero-order chi connectivity index (χ0) is 10.9. The Hall–Kier alpha value is -0.570. The second-order valence-corrected chi connectivity index (χ2v) is 5.41. The van der Waals surface area contributed by atoms with Gasteiger partial charge in [0.15, 0.2) is 0 Å². The molecule has 0 saturated carbocycles. The van der Waals surface area contributed by atoms with Crippen LogP contribution in [0.4, 0.5) is 0 Å². The monoisotopic (exact) mass is 210 g/mol. The smallest absolute Gasteiger partial charge is 0.240 e. The summed E-state index contributed by atoms with van der Waals surface area (Å²) in [4.78, 5) is 14.4. The number of amides is 1. The van der Waals surface area contributed by atoms with Crippen LogP contribution in [0.3, 0.4) is 0 Å². The van der Waals surface area contributed by atoms with E-state index in [0.29, 0.717) is 5.91 Å². The molecule has 0 radical (unpaired) electrons. The lowest BCUT2D eigenvalue weighted by Crippen LogP contribution is -2.53. The van der Waals surface area contributed by atoms with E-state index in [1.807, 2.05) is 0 Å². The number of likely N-dealkylation sites (tertiary alicyclic amines) is 1. The predicted molar refractivity (Wildman–Crippen MR) is 60.7 cm³/mol. The molecule has 2 heterocycles. The van der Waals surface area contributed by atoms with E-state index in [4.69, 9.17) is 0 Å². The molecular formula is C12H22N2O. The first-order valence-corrected chi connectivity index (χ1v) is 6.16. The highest BCUT2D eigenvalue weighted by Crippen LogP contribution is 2.29. The van der Waals surface area contributed by atoms with Crippen LogP contribution in [0.25, 0.3) is 0 Å². The number of hydrogen-bond acceptors (Lipinski definition) is 2. The first kappa shape index (κ1) is 10.9. The molecule has 2 fully saturated rings. The van der Waals surface area contributed by atoms with Gasteiger partial charge in [0.05, 0.1) is 6.04 Å². The third-order valence-electron chi connectivity index (χ3n) is 3.78. The van der Waals surface area contributed by atoms with Crippen molar-refractivity contribution >= 4 is 5.91 Å². The SMILES string of the molecule is CC1(C)CCCN1C(=O)[C@H]1CCCCN1. The maximum Gasteiger partial charge on any atom is 0.240 e. The molecular weight excluding hydrogens is 188 g/mol. The largest absolute Gasteiger partial charge is 0.336 e. The fourth-order valence-electron chi connectivity index (χ4n) is 2.77. The molecule has 0 bridgehead atoms. The van der Waals surface area contributed by atoms with Crippen molar-refractivity contribution in [2.45, 2.75) is 57.5 Å². The van der Waals surface area contributed by atoms with Crippen molar-refractivity contribution in [3.05, 3.63) is 0 Å². The number of rotatable bonds is 1. The van der Waals surface area contributed by atoms with E-state index < -0.39 is 0 Å². The quantitative estimate of drug-likeness (QED) is 0.712. The summed E-state index contributed by atoms with van der Waals surface area (Å²) in [5.74, 6) is 0.331. The second-order valence-electron chi connectivity index (χ2n) is 5.41. The maximum absolute atomic E-state index is 12.3. The van der Waals surface area contributed by atoms with Crippen LogP contribution in [0.2, 0.25) is 0 Å². The lowest BCUT2D eigenvalue weighted by atomic mass is 9.99. The van der Waals surface area contributed by atoms with Crippen LogP contribution in [0.5, 0.6) is 0 Å². The molecule has 2 rings (SSSR count). The van der Waals surface area contributed by atoms with Gasteiger partial charge in [-0.15, -0.1) is 0 Å². The molecule has 3 heteroatoms. The molecule has 2 saturated heterocycles. The Morgan fingerprint density at radius 2 is 2.13 bits per heavy atom. The highest BCUT2D eigenvalue weighted by molar-refractivity contribution is 5.83. The molecule has 1 N–H and O–H groups in total. The van der Waals surface area contributed by atoms with Gasteiger partial charge < -0.3 is 10.2 Å². The number of carbonyl (C=O) groups is 1. The summed E-state index contributed by atoms with van der Waals surface area (Å²) in [6, 6.07) is 0.0936. The van der Waals surface area contributed by atoms with E-state index in [1.54, 1.807) is 0 Å². The van der Waals surface area contributed by atoms with Crippen molar-refractivity contribution in [1.82, 2.24) is 10.2 Å². The normalized spacial score (nSPS) is 30.5. The minimum atomic E-state index is 0.0796. The van der Waals surface area contributed by atoms with Crippen molar-refractivity contribution in [2.75, 3.05) is 13.1 Å². The first-order chi connectivity index (χ1) is 7.11. The van der Waals surface area contributed by atoms with E-state index in [9.17, 15) is 4.79 Å². The average molecular weight is 210 g/mol. The first-order valence-electron chi connectivity index (χ1n) is 6.16. The highest BCUT2D eigenvalue weighted by Gasteiger charge is 2.38. The lowest BCUT2D eigenvalue weighted by Gasteiger charge is -2.35. The van der Waals surface area contributed by atoms with Crippen LogP contribution in [0, 0.1) is 0 Å². The van der Waals surface area contributed by atoms with Crippen molar-refractivity contribution in [3.8, 4) is 0 Å². The van der Waals surface area contributed by atoms with Crippen LogP contribution in [-0.4, -0.2) is 35.5 Å². The third-order valence-corrected chi connectivity index (χ3v) is 3.78. The zero-order valence-corrected chi connectivity index (χ0v) is 9.88. The third kappa shape index (κ3) is 2.17. The summed E-state index contributed by atoms with van der Waals surface area (Å²) < 4.78 is 0. The van der Waals surface area contributed by atoms with Crippen LogP contribution in [0.1, 0.15) is 46.0 Å². The van der Waals surface area contributed by atoms with Gasteiger partial charge in [-0.2, -0.15) is 0 Å². The molecule has 2 aliphatic rings. The minimum Gasteiger partial charge on any atom is -0.336 e. The Kier molecular flexibility index (Phi) is 3.01. The van der Waals surface area contributed by atoms with Gasteiger partial charge in [0, 0.05) is 12.1 Å². The Morgan fingerprint density at radius 1 is 1.33 bits per heavy atom. The minimum absolute atomic E-state index is 0.0796. The van der Waals surface area contributed by atoms with E-state index in [1.165, 1.54) is 12.8 Å². The molecule has 86 valence electrons. The molecule has 0 aromatic heterocycles. The molecule has 3 nitrogen and oxygen atoms in total. The summed E-state index contributed by atoms with van der Waals surface area (Å²) in [5, 5.41) is 3.34. The van der Waals surface area contributed by atoms with E-state index in [2.05, 4.69) is 24.1 Å². The van der Waals surface area contributed by atoms with Gasteiger partial charge in [0.25, 0.3) is 0 Å². The molecule has 0 unspecified atom stereocenters.